The van der Waals surface area contributed by atoms with Crippen molar-refractivity contribution in [3.05, 3.63) is 29.8 Å². The van der Waals surface area contributed by atoms with E-state index in [0.717, 1.165) is 16.5 Å². The molecule has 72 valence electrons. The van der Waals surface area contributed by atoms with Crippen molar-refractivity contribution in [1.82, 2.24) is 4.98 Å². The Kier molecular flexibility index (Phi) is 1.89. The summed E-state index contributed by atoms with van der Waals surface area (Å²) in [5.74, 6) is -0.236. The van der Waals surface area contributed by atoms with Crippen molar-refractivity contribution < 1.29 is 9.90 Å². The number of aromatic amines is 1. The van der Waals surface area contributed by atoms with E-state index in [1.54, 1.807) is 12.1 Å². The second-order valence-corrected chi connectivity index (χ2v) is 3.22. The molecule has 0 atom stereocenters. The van der Waals surface area contributed by atoms with Crippen LogP contribution in [0.4, 0.5) is 5.82 Å². The summed E-state index contributed by atoms with van der Waals surface area (Å²) in [5, 5.41) is 9.56. The highest BCUT2D eigenvalue weighted by atomic mass is 16.4. The van der Waals surface area contributed by atoms with Gasteiger partial charge in [-0.15, -0.1) is 0 Å². The van der Waals surface area contributed by atoms with Crippen LogP contribution in [-0.4, -0.2) is 16.1 Å². The summed E-state index contributed by atoms with van der Waals surface area (Å²) in [4.78, 5) is 13.4. The van der Waals surface area contributed by atoms with Crippen LogP contribution in [0, 0.1) is 0 Å². The zero-order chi connectivity index (χ0) is 10.1. The standard InChI is InChI=1S/C10H10N2O2/c11-9-5-7-3-6(4-10(13)14)1-2-8(7)12-9/h1-3,5,12H,4,11H2,(H,13,14). The third-order valence-electron chi connectivity index (χ3n) is 2.06. The Bertz CT molecular complexity index is 488. The third kappa shape index (κ3) is 1.54. The zero-order valence-corrected chi connectivity index (χ0v) is 7.45. The average Bonchev–Trinajstić information content (AvgIpc) is 2.42. The summed E-state index contributed by atoms with van der Waals surface area (Å²) >= 11 is 0. The summed E-state index contributed by atoms with van der Waals surface area (Å²) in [6, 6.07) is 7.24. The lowest BCUT2D eigenvalue weighted by atomic mass is 10.1. The quantitative estimate of drug-likeness (QED) is 0.669. The number of nitrogens with two attached hydrogens (primary N) is 1. The monoisotopic (exact) mass is 190 g/mol. The maximum atomic E-state index is 10.5. The maximum absolute atomic E-state index is 10.5. The van der Waals surface area contributed by atoms with Crippen molar-refractivity contribution in [2.45, 2.75) is 6.42 Å². The van der Waals surface area contributed by atoms with Gasteiger partial charge in [-0.1, -0.05) is 6.07 Å². The number of hydrogen-bond donors (Lipinski definition) is 3. The van der Waals surface area contributed by atoms with Gasteiger partial charge in [0.2, 0.25) is 0 Å². The molecule has 0 saturated heterocycles. The molecule has 1 aromatic carbocycles. The van der Waals surface area contributed by atoms with Gasteiger partial charge < -0.3 is 15.8 Å². The first-order chi connectivity index (χ1) is 6.65. The van der Waals surface area contributed by atoms with Crippen LogP contribution in [0.5, 0.6) is 0 Å². The molecule has 1 heterocycles. The Balaban J connectivity index is 2.45. The molecule has 0 saturated carbocycles. The molecule has 4 heteroatoms. The minimum absolute atomic E-state index is 0.0427. The second-order valence-electron chi connectivity index (χ2n) is 3.22. The van der Waals surface area contributed by atoms with Gasteiger partial charge in [-0.05, 0) is 23.8 Å². The molecule has 0 spiro atoms. The van der Waals surface area contributed by atoms with Crippen LogP contribution in [-0.2, 0) is 11.2 Å². The highest BCUT2D eigenvalue weighted by molar-refractivity contribution is 5.85. The van der Waals surface area contributed by atoms with E-state index < -0.39 is 5.97 Å². The number of carboxylic acids is 1. The fraction of sp³-hybridized carbons (Fsp3) is 0.100. The van der Waals surface area contributed by atoms with Gasteiger partial charge in [0.1, 0.15) is 5.82 Å². The van der Waals surface area contributed by atoms with Crippen LogP contribution in [0.1, 0.15) is 5.56 Å². The van der Waals surface area contributed by atoms with E-state index in [0.29, 0.717) is 5.82 Å². The number of nitrogens with one attached hydrogen (secondary N) is 1. The molecule has 0 bridgehead atoms. The lowest BCUT2D eigenvalue weighted by molar-refractivity contribution is -0.136. The molecule has 1 aromatic heterocycles. The fourth-order valence-corrected chi connectivity index (χ4v) is 1.49. The number of aliphatic carboxylic acids is 1. The number of hydrogen-bond acceptors (Lipinski definition) is 2. The van der Waals surface area contributed by atoms with E-state index in [1.807, 2.05) is 12.1 Å². The highest BCUT2D eigenvalue weighted by Crippen LogP contribution is 2.18. The Morgan fingerprint density at radius 1 is 1.43 bits per heavy atom. The molecule has 4 nitrogen and oxygen atoms in total. The number of carbonyl (C=O) groups is 1. The van der Waals surface area contributed by atoms with E-state index in [4.69, 9.17) is 10.8 Å². The molecule has 0 aliphatic rings. The van der Waals surface area contributed by atoms with Crippen LogP contribution < -0.4 is 5.73 Å². The number of H-pyrrole nitrogens is 1. The van der Waals surface area contributed by atoms with Crippen LogP contribution in [0.3, 0.4) is 0 Å². The summed E-state index contributed by atoms with van der Waals surface area (Å²) in [6.07, 6.45) is 0.0427. The summed E-state index contributed by atoms with van der Waals surface area (Å²) in [7, 11) is 0. The number of benzene rings is 1. The molecule has 0 unspecified atom stereocenters. The summed E-state index contributed by atoms with van der Waals surface area (Å²) < 4.78 is 0. The molecule has 0 amide bonds. The molecule has 0 radical (unpaired) electrons. The van der Waals surface area contributed by atoms with E-state index >= 15 is 0 Å². The predicted octanol–water partition coefficient (Wildman–Crippen LogP) is 1.38. The average molecular weight is 190 g/mol. The molecule has 4 N–H and O–H groups in total. The van der Waals surface area contributed by atoms with Crippen molar-refractivity contribution in [2.24, 2.45) is 0 Å². The van der Waals surface area contributed by atoms with Crippen LogP contribution in [0.2, 0.25) is 0 Å². The molecule has 0 aliphatic carbocycles. The first-order valence-electron chi connectivity index (χ1n) is 4.24. The highest BCUT2D eigenvalue weighted by Gasteiger charge is 2.03. The lowest BCUT2D eigenvalue weighted by Crippen LogP contribution is -1.99. The van der Waals surface area contributed by atoms with E-state index in [1.165, 1.54) is 0 Å². The van der Waals surface area contributed by atoms with Crippen molar-refractivity contribution in [3.63, 3.8) is 0 Å². The number of carboxylic acid groups (broad SMARTS) is 1. The predicted molar refractivity (Wildman–Crippen MR) is 54.1 cm³/mol. The molecule has 0 fully saturated rings. The molecule has 14 heavy (non-hydrogen) atoms. The van der Waals surface area contributed by atoms with Gasteiger partial charge in [-0.25, -0.2) is 0 Å². The van der Waals surface area contributed by atoms with Crippen LogP contribution in [0.15, 0.2) is 24.3 Å². The van der Waals surface area contributed by atoms with Gasteiger partial charge >= 0.3 is 5.97 Å². The maximum Gasteiger partial charge on any atom is 0.307 e. The van der Waals surface area contributed by atoms with Gasteiger partial charge in [0.05, 0.1) is 6.42 Å². The number of rotatable bonds is 2. The first-order valence-corrected chi connectivity index (χ1v) is 4.24. The number of fused-ring (bicyclic) bond motifs is 1. The van der Waals surface area contributed by atoms with E-state index in [-0.39, 0.29) is 6.42 Å². The van der Waals surface area contributed by atoms with E-state index in [2.05, 4.69) is 4.98 Å². The van der Waals surface area contributed by atoms with Crippen LogP contribution in [0.25, 0.3) is 10.9 Å². The molecule has 0 aliphatic heterocycles. The van der Waals surface area contributed by atoms with E-state index in [9.17, 15) is 4.79 Å². The van der Waals surface area contributed by atoms with Crippen molar-refractivity contribution in [3.8, 4) is 0 Å². The van der Waals surface area contributed by atoms with Gasteiger partial charge in [0.25, 0.3) is 0 Å². The fourth-order valence-electron chi connectivity index (χ4n) is 1.49. The Morgan fingerprint density at radius 2 is 2.21 bits per heavy atom. The second kappa shape index (κ2) is 3.06. The zero-order valence-electron chi connectivity index (χ0n) is 7.45. The Labute approximate surface area is 80.3 Å². The van der Waals surface area contributed by atoms with Gasteiger partial charge in [-0.2, -0.15) is 0 Å². The molecular weight excluding hydrogens is 180 g/mol. The summed E-state index contributed by atoms with van der Waals surface area (Å²) in [5.41, 5.74) is 7.28. The first kappa shape index (κ1) is 8.62. The van der Waals surface area contributed by atoms with Gasteiger partial charge in [0.15, 0.2) is 0 Å². The SMILES string of the molecule is Nc1cc2cc(CC(=O)O)ccc2[nH]1. The normalized spacial score (nSPS) is 10.6. The van der Waals surface area contributed by atoms with Crippen molar-refractivity contribution >= 4 is 22.7 Å². The number of anilines is 1. The Morgan fingerprint density at radius 3 is 2.93 bits per heavy atom. The molecule has 2 aromatic rings. The lowest BCUT2D eigenvalue weighted by Gasteiger charge is -1.96. The number of aromatic nitrogens is 1. The van der Waals surface area contributed by atoms with Gasteiger partial charge in [-0.3, -0.25) is 4.79 Å². The molecule has 2 rings (SSSR count). The third-order valence-corrected chi connectivity index (χ3v) is 2.06. The summed E-state index contributed by atoms with van der Waals surface area (Å²) in [6.45, 7) is 0. The minimum Gasteiger partial charge on any atom is -0.481 e. The van der Waals surface area contributed by atoms with Crippen molar-refractivity contribution in [1.29, 1.82) is 0 Å². The van der Waals surface area contributed by atoms with Gasteiger partial charge in [0, 0.05) is 10.9 Å². The van der Waals surface area contributed by atoms with Crippen LogP contribution >= 0.6 is 0 Å². The minimum atomic E-state index is -0.826. The smallest absolute Gasteiger partial charge is 0.307 e. The van der Waals surface area contributed by atoms with Crippen molar-refractivity contribution in [2.75, 3.05) is 5.73 Å². The molecular formula is C10H10N2O2. The topological polar surface area (TPSA) is 79.1 Å². The largest absolute Gasteiger partial charge is 0.481 e. The number of nitrogen functional groups attached to an aromatic ring is 1. The Hall–Kier alpha value is -1.97.